The number of hydrogen-bond donors (Lipinski definition) is 1. The van der Waals surface area contributed by atoms with Gasteiger partial charge in [-0.25, -0.2) is 13.1 Å². The van der Waals surface area contributed by atoms with E-state index in [1.54, 1.807) is 24.3 Å². The summed E-state index contributed by atoms with van der Waals surface area (Å²) in [4.78, 5) is 2.62. The fourth-order valence-electron chi connectivity index (χ4n) is 2.95. The highest BCUT2D eigenvalue weighted by atomic mass is 79.9. The third-order valence-electron chi connectivity index (χ3n) is 4.48. The van der Waals surface area contributed by atoms with Gasteiger partial charge in [-0.05, 0) is 48.7 Å². The second-order valence-corrected chi connectivity index (χ2v) is 8.83. The molecule has 0 fully saturated rings. The van der Waals surface area contributed by atoms with Crippen LogP contribution in [0.3, 0.4) is 0 Å². The van der Waals surface area contributed by atoms with Gasteiger partial charge in [-0.2, -0.15) is 0 Å². The highest BCUT2D eigenvalue weighted by Gasteiger charge is 2.22. The molecule has 0 saturated carbocycles. The summed E-state index contributed by atoms with van der Waals surface area (Å²) >= 11 is 3.32. The van der Waals surface area contributed by atoms with Crippen LogP contribution in [0.15, 0.2) is 57.9 Å². The molecule has 1 aliphatic rings. The molecule has 0 unspecified atom stereocenters. The Morgan fingerprint density at radius 2 is 1.79 bits per heavy atom. The van der Waals surface area contributed by atoms with Crippen molar-refractivity contribution >= 4 is 26.0 Å². The minimum atomic E-state index is -3.47. The van der Waals surface area contributed by atoms with Crippen LogP contribution in [0.5, 0.6) is 0 Å². The molecule has 6 heteroatoms. The van der Waals surface area contributed by atoms with Crippen LogP contribution in [-0.2, 0) is 23.0 Å². The molecular formula is C18H21BrN2O2S. The summed E-state index contributed by atoms with van der Waals surface area (Å²) in [6.45, 7) is 4.30. The lowest BCUT2D eigenvalue weighted by atomic mass is 9.99. The Kier molecular flexibility index (Phi) is 5.39. The van der Waals surface area contributed by atoms with Crippen LogP contribution in [0.25, 0.3) is 0 Å². The van der Waals surface area contributed by atoms with Gasteiger partial charge in [0.1, 0.15) is 0 Å². The molecule has 0 bridgehead atoms. The first-order valence-corrected chi connectivity index (χ1v) is 10.3. The Morgan fingerprint density at radius 3 is 2.50 bits per heavy atom. The Hall–Kier alpha value is -1.21. The number of hydrogen-bond acceptors (Lipinski definition) is 3. The molecule has 2 aromatic rings. The monoisotopic (exact) mass is 408 g/mol. The lowest BCUT2D eigenvalue weighted by Crippen LogP contribution is -2.44. The standard InChI is InChI=1S/C18H21BrN2O2S/c1-14(21-11-10-15-4-2-3-5-16(15)13-21)12-20-24(22,23)18-8-6-17(19)7-9-18/h2-9,14,20H,10-13H2,1H3/t14-/m0/s1. The quantitative estimate of drug-likeness (QED) is 0.826. The summed E-state index contributed by atoms with van der Waals surface area (Å²) in [5.41, 5.74) is 2.74. The number of halogens is 1. The number of nitrogens with one attached hydrogen (secondary N) is 1. The van der Waals surface area contributed by atoms with Crippen molar-refractivity contribution in [2.24, 2.45) is 0 Å². The summed E-state index contributed by atoms with van der Waals surface area (Å²) in [7, 11) is -3.47. The van der Waals surface area contributed by atoms with Crippen molar-refractivity contribution in [3.8, 4) is 0 Å². The van der Waals surface area contributed by atoms with Crippen molar-refractivity contribution in [3.63, 3.8) is 0 Å². The van der Waals surface area contributed by atoms with Gasteiger partial charge in [0, 0.05) is 30.1 Å². The van der Waals surface area contributed by atoms with Crippen molar-refractivity contribution in [2.45, 2.75) is 30.8 Å². The molecule has 0 spiro atoms. The normalized spacial score (nSPS) is 16.6. The van der Waals surface area contributed by atoms with Crippen molar-refractivity contribution in [3.05, 3.63) is 64.1 Å². The Bertz CT molecular complexity index is 806. The van der Waals surface area contributed by atoms with E-state index in [0.717, 1.165) is 24.0 Å². The molecule has 1 atom stereocenters. The van der Waals surface area contributed by atoms with E-state index in [1.807, 2.05) is 0 Å². The first-order valence-electron chi connectivity index (χ1n) is 8.02. The first kappa shape index (κ1) is 17.6. The molecule has 0 saturated heterocycles. The third kappa shape index (κ3) is 4.06. The zero-order valence-corrected chi connectivity index (χ0v) is 16.0. The van der Waals surface area contributed by atoms with Crippen molar-refractivity contribution in [2.75, 3.05) is 13.1 Å². The Labute approximate surface area is 152 Å². The van der Waals surface area contributed by atoms with Crippen LogP contribution in [0, 0.1) is 0 Å². The SMILES string of the molecule is C[C@@H](CNS(=O)(=O)c1ccc(Br)cc1)N1CCc2ccccc2C1. The molecule has 2 aromatic carbocycles. The Morgan fingerprint density at radius 1 is 1.12 bits per heavy atom. The van der Waals surface area contributed by atoms with Gasteiger partial charge in [-0.3, -0.25) is 4.90 Å². The van der Waals surface area contributed by atoms with Crippen molar-refractivity contribution < 1.29 is 8.42 Å². The highest BCUT2D eigenvalue weighted by molar-refractivity contribution is 9.10. The molecule has 1 aliphatic heterocycles. The third-order valence-corrected chi connectivity index (χ3v) is 6.44. The molecule has 0 aromatic heterocycles. The summed E-state index contributed by atoms with van der Waals surface area (Å²) in [6.07, 6.45) is 1.01. The van der Waals surface area contributed by atoms with Gasteiger partial charge in [0.05, 0.1) is 4.90 Å². The van der Waals surface area contributed by atoms with E-state index in [-0.39, 0.29) is 6.04 Å². The summed E-state index contributed by atoms with van der Waals surface area (Å²) in [5, 5.41) is 0. The second kappa shape index (κ2) is 7.35. The number of benzene rings is 2. The van der Waals surface area contributed by atoms with E-state index in [1.165, 1.54) is 11.1 Å². The van der Waals surface area contributed by atoms with Gasteiger partial charge in [0.2, 0.25) is 10.0 Å². The minimum Gasteiger partial charge on any atom is -0.295 e. The largest absolute Gasteiger partial charge is 0.295 e. The molecule has 128 valence electrons. The maximum atomic E-state index is 12.4. The van der Waals surface area contributed by atoms with E-state index in [0.29, 0.717) is 11.4 Å². The number of rotatable bonds is 5. The second-order valence-electron chi connectivity index (χ2n) is 6.14. The van der Waals surface area contributed by atoms with Crippen molar-refractivity contribution in [1.29, 1.82) is 0 Å². The van der Waals surface area contributed by atoms with Crippen LogP contribution in [0.2, 0.25) is 0 Å². The zero-order chi connectivity index (χ0) is 17.2. The van der Waals surface area contributed by atoms with E-state index < -0.39 is 10.0 Å². The lowest BCUT2D eigenvalue weighted by Gasteiger charge is -2.33. The average Bonchev–Trinajstić information content (AvgIpc) is 2.59. The highest BCUT2D eigenvalue weighted by Crippen LogP contribution is 2.20. The summed E-state index contributed by atoms with van der Waals surface area (Å²) < 4.78 is 28.4. The smallest absolute Gasteiger partial charge is 0.240 e. The van der Waals surface area contributed by atoms with Crippen LogP contribution >= 0.6 is 15.9 Å². The Balaban J connectivity index is 1.61. The number of sulfonamides is 1. The maximum Gasteiger partial charge on any atom is 0.240 e. The van der Waals surface area contributed by atoms with Gasteiger partial charge in [0.25, 0.3) is 0 Å². The molecule has 0 amide bonds. The average molecular weight is 409 g/mol. The number of nitrogens with zero attached hydrogens (tertiary/aromatic N) is 1. The van der Waals surface area contributed by atoms with Crippen LogP contribution < -0.4 is 4.72 Å². The van der Waals surface area contributed by atoms with Gasteiger partial charge >= 0.3 is 0 Å². The molecule has 0 radical (unpaired) electrons. The first-order chi connectivity index (χ1) is 11.5. The van der Waals surface area contributed by atoms with E-state index >= 15 is 0 Å². The molecule has 24 heavy (non-hydrogen) atoms. The predicted octanol–water partition coefficient (Wildman–Crippen LogP) is 3.17. The van der Waals surface area contributed by atoms with Gasteiger partial charge in [-0.1, -0.05) is 40.2 Å². The fraction of sp³-hybridized carbons (Fsp3) is 0.333. The fourth-order valence-corrected chi connectivity index (χ4v) is 4.34. The molecule has 3 rings (SSSR count). The number of fused-ring (bicyclic) bond motifs is 1. The molecular weight excluding hydrogens is 388 g/mol. The molecule has 1 N–H and O–H groups in total. The van der Waals surface area contributed by atoms with Gasteiger partial charge in [-0.15, -0.1) is 0 Å². The topological polar surface area (TPSA) is 49.4 Å². The van der Waals surface area contributed by atoms with E-state index in [4.69, 9.17) is 0 Å². The zero-order valence-electron chi connectivity index (χ0n) is 13.6. The summed E-state index contributed by atoms with van der Waals surface area (Å²) in [5.74, 6) is 0. The van der Waals surface area contributed by atoms with E-state index in [2.05, 4.69) is 56.7 Å². The maximum absolute atomic E-state index is 12.4. The van der Waals surface area contributed by atoms with Crippen LogP contribution in [-0.4, -0.2) is 32.4 Å². The summed E-state index contributed by atoms with van der Waals surface area (Å²) in [6, 6.07) is 15.3. The van der Waals surface area contributed by atoms with Gasteiger partial charge in [0.15, 0.2) is 0 Å². The minimum absolute atomic E-state index is 0.142. The molecule has 1 heterocycles. The van der Waals surface area contributed by atoms with Crippen LogP contribution in [0.4, 0.5) is 0 Å². The van der Waals surface area contributed by atoms with Gasteiger partial charge < -0.3 is 0 Å². The molecule has 4 nitrogen and oxygen atoms in total. The van der Waals surface area contributed by atoms with Crippen LogP contribution in [0.1, 0.15) is 18.1 Å². The molecule has 0 aliphatic carbocycles. The van der Waals surface area contributed by atoms with E-state index in [9.17, 15) is 8.42 Å². The predicted molar refractivity (Wildman–Crippen MR) is 99.3 cm³/mol. The van der Waals surface area contributed by atoms with Crippen molar-refractivity contribution in [1.82, 2.24) is 9.62 Å². The lowest BCUT2D eigenvalue weighted by molar-refractivity contribution is 0.192.